The summed E-state index contributed by atoms with van der Waals surface area (Å²) in [6.07, 6.45) is 0.0161. The summed E-state index contributed by atoms with van der Waals surface area (Å²) < 4.78 is 35.3. The fourth-order valence-electron chi connectivity index (χ4n) is 5.59. The summed E-state index contributed by atoms with van der Waals surface area (Å²) in [6, 6.07) is 9.29. The molecule has 252 valence electrons. The summed E-state index contributed by atoms with van der Waals surface area (Å²) in [5, 5.41) is 2.79. The first kappa shape index (κ1) is 35.3. The van der Waals surface area contributed by atoms with Crippen molar-refractivity contribution in [1.82, 2.24) is 25.1 Å². The molecule has 0 radical (unpaired) electrons. The lowest BCUT2D eigenvalue weighted by Gasteiger charge is -2.40. The molecule has 46 heavy (non-hydrogen) atoms. The SMILES string of the molecule is CCOC(=O)N1CCN(C(=O)[C@H](CP(=O)(OCC)OCC)NC(=O)c2cc(N3CC[C@H](OC)C3)nc(-c3ccccc3)n2)CC1C. The number of piperazine rings is 1. The number of rotatable bonds is 13. The van der Waals surface area contributed by atoms with E-state index in [1.165, 1.54) is 0 Å². The van der Waals surface area contributed by atoms with Gasteiger partial charge in [-0.3, -0.25) is 14.2 Å². The third kappa shape index (κ3) is 8.81. The largest absolute Gasteiger partial charge is 0.450 e. The molecular formula is C31H45N6O8P. The van der Waals surface area contributed by atoms with Crippen LogP contribution in [-0.2, 0) is 27.9 Å². The van der Waals surface area contributed by atoms with Gasteiger partial charge in [0.15, 0.2) is 5.82 Å². The number of aromatic nitrogens is 2. The molecule has 14 nitrogen and oxygen atoms in total. The molecule has 0 bridgehead atoms. The van der Waals surface area contributed by atoms with Crippen molar-refractivity contribution in [3.63, 3.8) is 0 Å². The van der Waals surface area contributed by atoms with Crippen LogP contribution in [-0.4, -0.2) is 122 Å². The Morgan fingerprint density at radius 3 is 2.33 bits per heavy atom. The highest BCUT2D eigenvalue weighted by molar-refractivity contribution is 7.54. The molecule has 2 aromatic rings. The molecule has 3 amide bonds. The first-order valence-electron chi connectivity index (χ1n) is 15.7. The Hall–Kier alpha value is -3.58. The smallest absolute Gasteiger partial charge is 0.410 e. The lowest BCUT2D eigenvalue weighted by atomic mass is 10.1. The second-order valence-corrected chi connectivity index (χ2v) is 13.2. The van der Waals surface area contributed by atoms with E-state index in [9.17, 15) is 18.9 Å². The topological polar surface area (TPSA) is 153 Å². The average Bonchev–Trinajstić information content (AvgIpc) is 3.54. The van der Waals surface area contributed by atoms with E-state index in [2.05, 4.69) is 10.3 Å². The minimum Gasteiger partial charge on any atom is -0.450 e. The highest BCUT2D eigenvalue weighted by Crippen LogP contribution is 2.48. The van der Waals surface area contributed by atoms with Gasteiger partial charge in [-0.25, -0.2) is 14.8 Å². The van der Waals surface area contributed by atoms with Crippen molar-refractivity contribution in [3.8, 4) is 11.4 Å². The third-order valence-electron chi connectivity index (χ3n) is 7.88. The predicted octanol–water partition coefficient (Wildman–Crippen LogP) is 3.42. The van der Waals surface area contributed by atoms with Crippen LogP contribution in [0.5, 0.6) is 0 Å². The van der Waals surface area contributed by atoms with Crippen LogP contribution in [0.25, 0.3) is 11.4 Å². The maximum absolute atomic E-state index is 14.0. The number of benzene rings is 1. The second kappa shape index (κ2) is 16.3. The van der Waals surface area contributed by atoms with Gasteiger partial charge in [-0.1, -0.05) is 30.3 Å². The average molecular weight is 661 g/mol. The number of carbonyl (C=O) groups is 3. The van der Waals surface area contributed by atoms with Crippen molar-refractivity contribution < 1.29 is 37.5 Å². The Morgan fingerprint density at radius 1 is 1.00 bits per heavy atom. The molecule has 2 fully saturated rings. The molecule has 4 rings (SSSR count). The number of nitrogens with zero attached hydrogens (tertiary/aromatic N) is 5. The van der Waals surface area contributed by atoms with Crippen molar-refractivity contribution in [2.45, 2.75) is 52.3 Å². The lowest BCUT2D eigenvalue weighted by molar-refractivity contribution is -0.135. The minimum absolute atomic E-state index is 0.0346. The fraction of sp³-hybridized carbons (Fsp3) is 0.581. The van der Waals surface area contributed by atoms with Gasteiger partial charge in [-0.05, 0) is 34.1 Å². The quantitative estimate of drug-likeness (QED) is 0.315. The number of amides is 3. The first-order chi connectivity index (χ1) is 22.1. The lowest BCUT2D eigenvalue weighted by Crippen LogP contribution is -2.59. The summed E-state index contributed by atoms with van der Waals surface area (Å²) in [5.41, 5.74) is 0.768. The Bertz CT molecular complexity index is 1390. The van der Waals surface area contributed by atoms with E-state index in [1.54, 1.807) is 43.7 Å². The van der Waals surface area contributed by atoms with Crippen LogP contribution >= 0.6 is 7.60 Å². The number of carbonyl (C=O) groups excluding carboxylic acids is 3. The van der Waals surface area contributed by atoms with Gasteiger partial charge in [0.05, 0.1) is 32.1 Å². The van der Waals surface area contributed by atoms with E-state index in [0.717, 1.165) is 12.0 Å². The molecule has 1 unspecified atom stereocenters. The summed E-state index contributed by atoms with van der Waals surface area (Å²) >= 11 is 0. The molecule has 1 N–H and O–H groups in total. The van der Waals surface area contributed by atoms with Gasteiger partial charge in [-0.15, -0.1) is 0 Å². The molecule has 2 saturated heterocycles. The van der Waals surface area contributed by atoms with Gasteiger partial charge in [0, 0.05) is 57.5 Å². The Balaban J connectivity index is 1.64. The monoisotopic (exact) mass is 660 g/mol. The number of methoxy groups -OCH3 is 1. The molecule has 3 heterocycles. The minimum atomic E-state index is -3.78. The first-order valence-corrected chi connectivity index (χ1v) is 17.5. The van der Waals surface area contributed by atoms with Crippen molar-refractivity contribution in [3.05, 3.63) is 42.1 Å². The molecule has 1 aromatic heterocycles. The number of ether oxygens (including phenoxy) is 2. The van der Waals surface area contributed by atoms with Gasteiger partial charge < -0.3 is 38.5 Å². The molecule has 15 heteroatoms. The number of hydrogen-bond donors (Lipinski definition) is 1. The van der Waals surface area contributed by atoms with Crippen LogP contribution < -0.4 is 10.2 Å². The standard InChI is InChI=1S/C31H45N6O8P/c1-6-43-31(40)37-17-16-36(19-22(37)4)30(39)26(21-46(41,44-7-2)45-8-3)33-29(38)25-18-27(35-15-14-24(20-35)42-5)34-28(32-25)23-12-10-9-11-13-23/h9-13,18,22,24,26H,6-8,14-17,19-21H2,1-5H3,(H,33,38)/t22?,24-,26-/m0/s1. The van der Waals surface area contributed by atoms with E-state index in [4.69, 9.17) is 23.5 Å². The number of hydrogen-bond acceptors (Lipinski definition) is 11. The molecule has 2 aliphatic rings. The maximum Gasteiger partial charge on any atom is 0.410 e. The van der Waals surface area contributed by atoms with Crippen LogP contribution in [0, 0.1) is 0 Å². The van der Waals surface area contributed by atoms with Gasteiger partial charge in [0.25, 0.3) is 5.91 Å². The molecule has 0 saturated carbocycles. The van der Waals surface area contributed by atoms with E-state index in [-0.39, 0.29) is 63.5 Å². The number of anilines is 1. The maximum atomic E-state index is 14.0. The fourth-order valence-corrected chi connectivity index (χ4v) is 7.36. The zero-order valence-corrected chi connectivity index (χ0v) is 28.1. The highest BCUT2D eigenvalue weighted by atomic mass is 31.2. The normalized spacial score (nSPS) is 19.2. The summed E-state index contributed by atoms with van der Waals surface area (Å²) in [4.78, 5) is 54.8. The summed E-state index contributed by atoms with van der Waals surface area (Å²) in [6.45, 7) is 9.26. The van der Waals surface area contributed by atoms with Gasteiger partial charge in [0.2, 0.25) is 5.91 Å². The van der Waals surface area contributed by atoms with E-state index < -0.39 is 31.5 Å². The van der Waals surface area contributed by atoms with Crippen LogP contribution in [0.3, 0.4) is 0 Å². The molecular weight excluding hydrogens is 615 g/mol. The summed E-state index contributed by atoms with van der Waals surface area (Å²) in [7, 11) is -2.11. The van der Waals surface area contributed by atoms with Gasteiger partial charge in [-0.2, -0.15) is 0 Å². The van der Waals surface area contributed by atoms with Crippen LogP contribution in [0.4, 0.5) is 10.6 Å². The summed E-state index contributed by atoms with van der Waals surface area (Å²) in [5.74, 6) is -0.201. The zero-order valence-electron chi connectivity index (χ0n) is 27.2. The van der Waals surface area contributed by atoms with Crippen LogP contribution in [0.1, 0.15) is 44.6 Å². The van der Waals surface area contributed by atoms with E-state index in [0.29, 0.717) is 24.7 Å². The number of nitrogens with one attached hydrogen (secondary N) is 1. The zero-order chi connectivity index (χ0) is 33.3. The molecule has 3 atom stereocenters. The van der Waals surface area contributed by atoms with Crippen molar-refractivity contribution in [1.29, 1.82) is 0 Å². The van der Waals surface area contributed by atoms with Crippen molar-refractivity contribution in [2.75, 3.05) is 70.7 Å². The predicted molar refractivity (Wildman–Crippen MR) is 172 cm³/mol. The second-order valence-electron chi connectivity index (χ2n) is 11.1. The van der Waals surface area contributed by atoms with Gasteiger partial charge in [0.1, 0.15) is 17.6 Å². The van der Waals surface area contributed by atoms with E-state index >= 15 is 0 Å². The van der Waals surface area contributed by atoms with Crippen LogP contribution in [0.15, 0.2) is 36.4 Å². The van der Waals surface area contributed by atoms with Crippen molar-refractivity contribution in [2.24, 2.45) is 0 Å². The van der Waals surface area contributed by atoms with Gasteiger partial charge >= 0.3 is 13.7 Å². The molecule has 2 aliphatic heterocycles. The molecule has 1 aromatic carbocycles. The third-order valence-corrected chi connectivity index (χ3v) is 10.00. The molecule has 0 aliphatic carbocycles. The van der Waals surface area contributed by atoms with E-state index in [1.807, 2.05) is 42.2 Å². The Morgan fingerprint density at radius 2 is 1.72 bits per heavy atom. The Labute approximate surface area is 270 Å². The Kier molecular flexibility index (Phi) is 12.5. The highest BCUT2D eigenvalue weighted by Gasteiger charge is 2.39. The van der Waals surface area contributed by atoms with Crippen molar-refractivity contribution >= 4 is 31.3 Å². The van der Waals surface area contributed by atoms with Crippen LogP contribution in [0.2, 0.25) is 0 Å². The molecule has 0 spiro atoms.